The Kier molecular flexibility index (Phi) is 7.95. The van der Waals surface area contributed by atoms with Crippen molar-refractivity contribution in [2.45, 2.75) is 25.5 Å². The fraction of sp³-hybridized carbons (Fsp3) is 0.214. The van der Waals surface area contributed by atoms with E-state index in [1.807, 2.05) is 44.2 Å². The largest absolute Gasteiger partial charge is 0.352 e. The molecule has 1 heterocycles. The first-order chi connectivity index (χ1) is 17.3. The van der Waals surface area contributed by atoms with Gasteiger partial charge in [0.05, 0.1) is 23.2 Å². The number of amides is 1. The number of halogens is 1. The molecule has 3 aromatic carbocycles. The first-order valence-electron chi connectivity index (χ1n) is 11.6. The predicted molar refractivity (Wildman–Crippen MR) is 140 cm³/mol. The Bertz CT molecular complexity index is 1450. The van der Waals surface area contributed by atoms with Gasteiger partial charge in [0.1, 0.15) is 5.82 Å². The van der Waals surface area contributed by atoms with Gasteiger partial charge in [0.25, 0.3) is 11.5 Å². The molecule has 0 aliphatic heterocycles. The molecule has 0 atom stereocenters. The Hall–Kier alpha value is -3.78. The van der Waals surface area contributed by atoms with E-state index in [-0.39, 0.29) is 29.5 Å². The number of benzene rings is 3. The molecule has 1 aromatic heterocycles. The third-order valence-electron chi connectivity index (χ3n) is 5.54. The van der Waals surface area contributed by atoms with Crippen LogP contribution in [0.3, 0.4) is 0 Å². The van der Waals surface area contributed by atoms with Crippen molar-refractivity contribution in [2.24, 2.45) is 5.92 Å². The number of Topliss-reactive ketones (excluding diaryl/α,β-unsaturated/α-hetero) is 1. The fourth-order valence-electron chi connectivity index (χ4n) is 3.61. The standard InChI is InChI=1S/C28H26FN3O3S/c1-18(2)15-30-26(34)21-10-13-23-24(14-21)31-28(32(27(23)35)16-19-6-4-3-5-7-19)36-17-25(33)20-8-11-22(29)12-9-20/h3-14,18H,15-17H2,1-2H3,(H,30,34). The Balaban J connectivity index is 1.70. The summed E-state index contributed by atoms with van der Waals surface area (Å²) in [7, 11) is 0. The second-order valence-corrected chi connectivity index (χ2v) is 9.77. The van der Waals surface area contributed by atoms with E-state index in [4.69, 9.17) is 0 Å². The summed E-state index contributed by atoms with van der Waals surface area (Å²) in [5.74, 6) is -0.531. The summed E-state index contributed by atoms with van der Waals surface area (Å²) in [4.78, 5) is 43.4. The molecule has 0 spiro atoms. The average molecular weight is 504 g/mol. The van der Waals surface area contributed by atoms with E-state index in [1.54, 1.807) is 22.8 Å². The molecular formula is C28H26FN3O3S. The lowest BCUT2D eigenvalue weighted by Gasteiger charge is -2.14. The number of thioether (sulfide) groups is 1. The molecule has 0 bridgehead atoms. The van der Waals surface area contributed by atoms with Crippen molar-refractivity contribution >= 4 is 34.4 Å². The van der Waals surface area contributed by atoms with Crippen LogP contribution in [0.1, 0.15) is 40.1 Å². The minimum absolute atomic E-state index is 0.0208. The van der Waals surface area contributed by atoms with Crippen LogP contribution in [0.4, 0.5) is 4.39 Å². The lowest BCUT2D eigenvalue weighted by molar-refractivity contribution is 0.0948. The Morgan fingerprint density at radius 2 is 1.69 bits per heavy atom. The minimum atomic E-state index is -0.416. The van der Waals surface area contributed by atoms with E-state index in [0.29, 0.717) is 39.6 Å². The highest BCUT2D eigenvalue weighted by Crippen LogP contribution is 2.21. The van der Waals surface area contributed by atoms with Crippen LogP contribution >= 0.6 is 11.8 Å². The predicted octanol–water partition coefficient (Wildman–Crippen LogP) is 4.94. The van der Waals surface area contributed by atoms with Crippen LogP contribution in [-0.2, 0) is 6.54 Å². The summed E-state index contributed by atoms with van der Waals surface area (Å²) in [6.45, 7) is 4.84. The first kappa shape index (κ1) is 25.3. The van der Waals surface area contributed by atoms with Gasteiger partial charge in [0.15, 0.2) is 10.9 Å². The van der Waals surface area contributed by atoms with Crippen molar-refractivity contribution in [3.63, 3.8) is 0 Å². The molecule has 6 nitrogen and oxygen atoms in total. The van der Waals surface area contributed by atoms with Crippen LogP contribution in [0, 0.1) is 11.7 Å². The molecule has 1 N–H and O–H groups in total. The minimum Gasteiger partial charge on any atom is -0.352 e. The van der Waals surface area contributed by atoms with Gasteiger partial charge in [0, 0.05) is 17.7 Å². The van der Waals surface area contributed by atoms with Gasteiger partial charge in [-0.1, -0.05) is 55.9 Å². The summed E-state index contributed by atoms with van der Waals surface area (Å²) in [5.41, 5.74) is 1.84. The van der Waals surface area contributed by atoms with Crippen molar-refractivity contribution in [1.82, 2.24) is 14.9 Å². The number of nitrogens with zero attached hydrogens (tertiary/aromatic N) is 2. The summed E-state index contributed by atoms with van der Waals surface area (Å²) in [5, 5.41) is 3.63. The molecule has 0 saturated carbocycles. The average Bonchev–Trinajstić information content (AvgIpc) is 2.88. The van der Waals surface area contributed by atoms with E-state index >= 15 is 0 Å². The van der Waals surface area contributed by atoms with E-state index in [2.05, 4.69) is 10.3 Å². The summed E-state index contributed by atoms with van der Waals surface area (Å²) in [6.07, 6.45) is 0. The van der Waals surface area contributed by atoms with Crippen LogP contribution in [-0.4, -0.2) is 33.5 Å². The van der Waals surface area contributed by atoms with Gasteiger partial charge in [-0.05, 0) is 53.9 Å². The SMILES string of the molecule is CC(C)CNC(=O)c1ccc2c(=O)n(Cc3ccccc3)c(SCC(=O)c3ccc(F)cc3)nc2c1. The number of hydrogen-bond acceptors (Lipinski definition) is 5. The highest BCUT2D eigenvalue weighted by Gasteiger charge is 2.16. The molecule has 4 aromatic rings. The van der Waals surface area contributed by atoms with Crippen LogP contribution in [0.5, 0.6) is 0 Å². The van der Waals surface area contributed by atoms with Crippen LogP contribution in [0.15, 0.2) is 82.7 Å². The van der Waals surface area contributed by atoms with Gasteiger partial charge >= 0.3 is 0 Å². The van der Waals surface area contributed by atoms with Gasteiger partial charge < -0.3 is 5.32 Å². The molecular weight excluding hydrogens is 477 g/mol. The molecule has 0 radical (unpaired) electrons. The number of rotatable bonds is 9. The Morgan fingerprint density at radius 3 is 2.39 bits per heavy atom. The van der Waals surface area contributed by atoms with Crippen molar-refractivity contribution < 1.29 is 14.0 Å². The maximum Gasteiger partial charge on any atom is 0.262 e. The van der Waals surface area contributed by atoms with E-state index in [0.717, 1.165) is 17.3 Å². The summed E-state index contributed by atoms with van der Waals surface area (Å²) < 4.78 is 14.8. The number of aromatic nitrogens is 2. The number of hydrogen-bond donors (Lipinski definition) is 1. The zero-order chi connectivity index (χ0) is 25.7. The maximum atomic E-state index is 13.5. The maximum absolute atomic E-state index is 13.5. The third kappa shape index (κ3) is 6.07. The normalized spacial score (nSPS) is 11.1. The molecule has 1 amide bonds. The smallest absolute Gasteiger partial charge is 0.262 e. The molecule has 0 unspecified atom stereocenters. The molecule has 0 aliphatic rings. The fourth-order valence-corrected chi connectivity index (χ4v) is 4.50. The van der Waals surface area contributed by atoms with Crippen LogP contribution in [0.25, 0.3) is 10.9 Å². The topological polar surface area (TPSA) is 81.1 Å². The van der Waals surface area contributed by atoms with Gasteiger partial charge in [0.2, 0.25) is 0 Å². The highest BCUT2D eigenvalue weighted by molar-refractivity contribution is 7.99. The van der Waals surface area contributed by atoms with Gasteiger partial charge in [-0.2, -0.15) is 0 Å². The van der Waals surface area contributed by atoms with Crippen molar-refractivity contribution in [3.05, 3.63) is 106 Å². The second kappa shape index (κ2) is 11.3. The monoisotopic (exact) mass is 503 g/mol. The number of fused-ring (bicyclic) bond motifs is 1. The van der Waals surface area contributed by atoms with Crippen molar-refractivity contribution in [2.75, 3.05) is 12.3 Å². The molecule has 4 rings (SSSR count). The van der Waals surface area contributed by atoms with Crippen molar-refractivity contribution in [1.29, 1.82) is 0 Å². The molecule has 0 fully saturated rings. The van der Waals surface area contributed by atoms with Gasteiger partial charge in [-0.25, -0.2) is 9.37 Å². The number of carbonyl (C=O) groups excluding carboxylic acids is 2. The molecule has 0 saturated heterocycles. The van der Waals surface area contributed by atoms with Gasteiger partial charge in [-0.15, -0.1) is 0 Å². The summed E-state index contributed by atoms with van der Waals surface area (Å²) >= 11 is 1.14. The molecule has 0 aliphatic carbocycles. The van der Waals surface area contributed by atoms with Crippen molar-refractivity contribution in [3.8, 4) is 0 Å². The van der Waals surface area contributed by atoms with E-state index in [9.17, 15) is 18.8 Å². The van der Waals surface area contributed by atoms with E-state index < -0.39 is 5.82 Å². The molecule has 36 heavy (non-hydrogen) atoms. The zero-order valence-electron chi connectivity index (χ0n) is 20.0. The lowest BCUT2D eigenvalue weighted by Crippen LogP contribution is -2.28. The number of nitrogens with one attached hydrogen (secondary N) is 1. The number of ketones is 1. The molecule has 184 valence electrons. The lowest BCUT2D eigenvalue weighted by atomic mass is 10.1. The quantitative estimate of drug-likeness (QED) is 0.199. The first-order valence-corrected chi connectivity index (χ1v) is 12.6. The highest BCUT2D eigenvalue weighted by atomic mass is 32.2. The molecule has 8 heteroatoms. The van der Waals surface area contributed by atoms with Gasteiger partial charge in [-0.3, -0.25) is 19.0 Å². The van der Waals surface area contributed by atoms with Crippen LogP contribution < -0.4 is 10.9 Å². The van der Waals surface area contributed by atoms with E-state index in [1.165, 1.54) is 24.3 Å². The Labute approximate surface area is 212 Å². The Morgan fingerprint density at radius 1 is 1.00 bits per heavy atom. The summed E-state index contributed by atoms with van der Waals surface area (Å²) in [6, 6.07) is 19.7. The second-order valence-electron chi connectivity index (χ2n) is 8.83. The zero-order valence-corrected chi connectivity index (χ0v) is 20.8. The number of carbonyl (C=O) groups is 2. The third-order valence-corrected chi connectivity index (χ3v) is 6.51. The van der Waals surface area contributed by atoms with Crippen LogP contribution in [0.2, 0.25) is 0 Å².